The van der Waals surface area contributed by atoms with Gasteiger partial charge in [0.15, 0.2) is 0 Å². The Hall–Kier alpha value is -2.24. The molecule has 4 atom stereocenters. The highest BCUT2D eigenvalue weighted by molar-refractivity contribution is 5.73. The molecule has 2 N–H and O–H groups in total. The molecule has 1 aliphatic heterocycles. The molecule has 132 valence electrons. The van der Waals surface area contributed by atoms with Crippen molar-refractivity contribution in [3.05, 3.63) is 71.5 Å². The van der Waals surface area contributed by atoms with Crippen LogP contribution < -0.4 is 5.32 Å². The van der Waals surface area contributed by atoms with Gasteiger partial charge in [-0.2, -0.15) is 0 Å². The summed E-state index contributed by atoms with van der Waals surface area (Å²) in [5.74, 6) is -0.887. The number of hydrogen-bond acceptors (Lipinski definition) is 3. The SMILES string of the molecule is CC(=O)NC(c1ccccc1)[C@H]1COC[C@@H](O)[C@@H]1c1ccc(F)cc1. The molecule has 1 heterocycles. The monoisotopic (exact) mass is 343 g/mol. The Balaban J connectivity index is 1.99. The van der Waals surface area contributed by atoms with E-state index in [1.54, 1.807) is 12.1 Å². The summed E-state index contributed by atoms with van der Waals surface area (Å²) in [4.78, 5) is 11.8. The maximum Gasteiger partial charge on any atom is 0.217 e. The Bertz CT molecular complexity index is 705. The lowest BCUT2D eigenvalue weighted by molar-refractivity contribution is -0.121. The maximum absolute atomic E-state index is 13.3. The van der Waals surface area contributed by atoms with Gasteiger partial charge in [-0.25, -0.2) is 4.39 Å². The maximum atomic E-state index is 13.3. The minimum atomic E-state index is -0.718. The molecule has 2 aromatic carbocycles. The van der Waals surface area contributed by atoms with E-state index >= 15 is 0 Å². The van der Waals surface area contributed by atoms with Gasteiger partial charge in [-0.3, -0.25) is 4.79 Å². The fourth-order valence-electron chi connectivity index (χ4n) is 3.59. The molecule has 1 unspecified atom stereocenters. The molecule has 5 heteroatoms. The molecule has 0 aromatic heterocycles. The number of carbonyl (C=O) groups is 1. The number of rotatable bonds is 4. The van der Waals surface area contributed by atoms with Crippen LogP contribution in [0.15, 0.2) is 54.6 Å². The van der Waals surface area contributed by atoms with Crippen LogP contribution in [-0.4, -0.2) is 30.3 Å². The van der Waals surface area contributed by atoms with Crippen LogP contribution in [0.4, 0.5) is 4.39 Å². The van der Waals surface area contributed by atoms with Crippen LogP contribution in [0.25, 0.3) is 0 Å². The fraction of sp³-hybridized carbons (Fsp3) is 0.350. The Kier molecular flexibility index (Phi) is 5.46. The molecule has 1 amide bonds. The summed E-state index contributed by atoms with van der Waals surface area (Å²) in [6.07, 6.45) is -0.718. The Morgan fingerprint density at radius 2 is 1.84 bits per heavy atom. The fourth-order valence-corrected chi connectivity index (χ4v) is 3.59. The van der Waals surface area contributed by atoms with Crippen LogP contribution in [0.3, 0.4) is 0 Å². The van der Waals surface area contributed by atoms with Crippen LogP contribution in [-0.2, 0) is 9.53 Å². The van der Waals surface area contributed by atoms with E-state index in [4.69, 9.17) is 4.74 Å². The minimum absolute atomic E-state index is 0.147. The van der Waals surface area contributed by atoms with Crippen molar-refractivity contribution in [3.63, 3.8) is 0 Å². The zero-order valence-corrected chi connectivity index (χ0v) is 14.1. The van der Waals surface area contributed by atoms with Gasteiger partial charge in [-0.05, 0) is 23.3 Å². The molecule has 25 heavy (non-hydrogen) atoms. The summed E-state index contributed by atoms with van der Waals surface area (Å²) in [6, 6.07) is 15.5. The number of nitrogens with one attached hydrogen (secondary N) is 1. The molecular weight excluding hydrogens is 321 g/mol. The second kappa shape index (κ2) is 7.76. The van der Waals surface area contributed by atoms with Crippen molar-refractivity contribution >= 4 is 5.91 Å². The van der Waals surface area contributed by atoms with E-state index in [1.807, 2.05) is 30.3 Å². The van der Waals surface area contributed by atoms with E-state index in [0.29, 0.717) is 6.61 Å². The summed E-state index contributed by atoms with van der Waals surface area (Å²) in [6.45, 7) is 2.10. The average molecular weight is 343 g/mol. The van der Waals surface area contributed by atoms with E-state index in [0.717, 1.165) is 11.1 Å². The molecule has 0 spiro atoms. The quantitative estimate of drug-likeness (QED) is 0.897. The molecule has 0 aliphatic carbocycles. The van der Waals surface area contributed by atoms with Gasteiger partial charge >= 0.3 is 0 Å². The molecule has 4 nitrogen and oxygen atoms in total. The largest absolute Gasteiger partial charge is 0.390 e. The predicted molar refractivity (Wildman–Crippen MR) is 92.5 cm³/mol. The van der Waals surface area contributed by atoms with Crippen molar-refractivity contribution in [2.24, 2.45) is 5.92 Å². The Morgan fingerprint density at radius 3 is 2.48 bits per heavy atom. The second-order valence-corrected chi connectivity index (χ2v) is 6.43. The number of aliphatic hydroxyl groups is 1. The summed E-state index contributed by atoms with van der Waals surface area (Å²) < 4.78 is 18.9. The summed E-state index contributed by atoms with van der Waals surface area (Å²) >= 11 is 0. The Morgan fingerprint density at radius 1 is 1.16 bits per heavy atom. The first-order chi connectivity index (χ1) is 12.1. The van der Waals surface area contributed by atoms with Crippen LogP contribution in [0.1, 0.15) is 30.0 Å². The molecule has 2 aromatic rings. The summed E-state index contributed by atoms with van der Waals surface area (Å²) in [7, 11) is 0. The van der Waals surface area contributed by atoms with Crippen LogP contribution in [0, 0.1) is 11.7 Å². The second-order valence-electron chi connectivity index (χ2n) is 6.43. The van der Waals surface area contributed by atoms with E-state index in [9.17, 15) is 14.3 Å². The van der Waals surface area contributed by atoms with Crippen LogP contribution in [0.2, 0.25) is 0 Å². The average Bonchev–Trinajstić information content (AvgIpc) is 2.61. The van der Waals surface area contributed by atoms with Crippen LogP contribution >= 0.6 is 0 Å². The molecular formula is C20H22FNO3. The van der Waals surface area contributed by atoms with Crippen molar-refractivity contribution in [2.45, 2.75) is 25.0 Å². The van der Waals surface area contributed by atoms with Gasteiger partial charge in [0.25, 0.3) is 0 Å². The Labute approximate surface area is 146 Å². The molecule has 1 aliphatic rings. The molecule has 3 rings (SSSR count). The van der Waals surface area contributed by atoms with Crippen molar-refractivity contribution < 1.29 is 19.0 Å². The lowest BCUT2D eigenvalue weighted by Crippen LogP contribution is -2.45. The third kappa shape index (κ3) is 4.06. The van der Waals surface area contributed by atoms with Gasteiger partial charge in [0.05, 0.1) is 25.4 Å². The van der Waals surface area contributed by atoms with Gasteiger partial charge in [0.1, 0.15) is 5.82 Å². The highest BCUT2D eigenvalue weighted by Gasteiger charge is 2.39. The van der Waals surface area contributed by atoms with Gasteiger partial charge in [0, 0.05) is 18.8 Å². The lowest BCUT2D eigenvalue weighted by Gasteiger charge is -2.40. The number of benzene rings is 2. The first-order valence-electron chi connectivity index (χ1n) is 8.39. The third-order valence-corrected chi connectivity index (χ3v) is 4.68. The molecule has 0 saturated carbocycles. The molecule has 0 bridgehead atoms. The van der Waals surface area contributed by atoms with Crippen molar-refractivity contribution in [1.29, 1.82) is 0 Å². The molecule has 0 radical (unpaired) electrons. The molecule has 1 fully saturated rings. The first kappa shape index (κ1) is 17.6. The van der Waals surface area contributed by atoms with E-state index in [1.165, 1.54) is 19.1 Å². The van der Waals surface area contributed by atoms with Gasteiger partial charge in [0.2, 0.25) is 5.91 Å². The van der Waals surface area contributed by atoms with Crippen LogP contribution in [0.5, 0.6) is 0 Å². The van der Waals surface area contributed by atoms with Gasteiger partial charge in [-0.1, -0.05) is 42.5 Å². The van der Waals surface area contributed by atoms with Gasteiger partial charge in [-0.15, -0.1) is 0 Å². The number of halogens is 1. The van der Waals surface area contributed by atoms with Crippen molar-refractivity contribution in [3.8, 4) is 0 Å². The number of hydrogen-bond donors (Lipinski definition) is 2. The number of carbonyl (C=O) groups excluding carboxylic acids is 1. The third-order valence-electron chi connectivity index (χ3n) is 4.68. The van der Waals surface area contributed by atoms with Crippen molar-refractivity contribution in [2.75, 3.05) is 13.2 Å². The van der Waals surface area contributed by atoms with Gasteiger partial charge < -0.3 is 15.2 Å². The smallest absolute Gasteiger partial charge is 0.217 e. The predicted octanol–water partition coefficient (Wildman–Crippen LogP) is 2.79. The standard InChI is InChI=1S/C20H22FNO3/c1-13(23)22-20(15-5-3-2-4-6-15)17-11-25-12-18(24)19(17)14-7-9-16(21)10-8-14/h2-10,17-20,24H,11-12H2,1H3,(H,22,23)/t17-,18+,19+,20?/m0/s1. The van der Waals surface area contributed by atoms with E-state index in [2.05, 4.69) is 5.32 Å². The summed E-state index contributed by atoms with van der Waals surface area (Å²) in [5.41, 5.74) is 1.79. The highest BCUT2D eigenvalue weighted by Crippen LogP contribution is 2.40. The lowest BCUT2D eigenvalue weighted by atomic mass is 9.75. The summed E-state index contributed by atoms with van der Waals surface area (Å²) in [5, 5.41) is 13.6. The molecule has 1 saturated heterocycles. The topological polar surface area (TPSA) is 58.6 Å². The minimum Gasteiger partial charge on any atom is -0.390 e. The number of ether oxygens (including phenoxy) is 1. The zero-order valence-electron chi connectivity index (χ0n) is 14.1. The van der Waals surface area contributed by atoms with E-state index in [-0.39, 0.29) is 36.2 Å². The first-order valence-corrected chi connectivity index (χ1v) is 8.39. The van der Waals surface area contributed by atoms with E-state index < -0.39 is 6.10 Å². The number of amides is 1. The highest BCUT2D eigenvalue weighted by atomic mass is 19.1. The van der Waals surface area contributed by atoms with Crippen molar-refractivity contribution in [1.82, 2.24) is 5.32 Å². The normalized spacial score (nSPS) is 24.5. The zero-order chi connectivity index (χ0) is 17.8. The number of aliphatic hydroxyl groups excluding tert-OH is 1.